The lowest BCUT2D eigenvalue weighted by atomic mass is 10.2. The van der Waals surface area contributed by atoms with E-state index < -0.39 is 10.0 Å². The highest BCUT2D eigenvalue weighted by Gasteiger charge is 2.14. The summed E-state index contributed by atoms with van der Waals surface area (Å²) in [6.45, 7) is 0. The van der Waals surface area contributed by atoms with Gasteiger partial charge in [0.05, 0.1) is 24.8 Å². The van der Waals surface area contributed by atoms with Gasteiger partial charge in [0, 0.05) is 6.07 Å². The van der Waals surface area contributed by atoms with Gasteiger partial charge in [-0.25, -0.2) is 8.42 Å². The van der Waals surface area contributed by atoms with E-state index in [1.807, 2.05) is 0 Å². The number of hydrogen-bond donors (Lipinski definition) is 2. The average Bonchev–Trinajstić information content (AvgIpc) is 2.70. The molecule has 0 aliphatic heterocycles. The highest BCUT2D eigenvalue weighted by atomic mass is 32.2. The van der Waals surface area contributed by atoms with Crippen LogP contribution in [0.5, 0.6) is 11.5 Å². The third-order valence-corrected chi connectivity index (χ3v) is 5.00. The second-order valence-electron chi connectivity index (χ2n) is 5.41. The molecular weight excluding hydrogens is 368 g/mol. The lowest BCUT2D eigenvalue weighted by Crippen LogP contribution is -2.14. The summed E-state index contributed by atoms with van der Waals surface area (Å²) in [5.41, 5.74) is 0.671. The maximum Gasteiger partial charge on any atom is 0.263 e. The van der Waals surface area contributed by atoms with Crippen LogP contribution in [0.2, 0.25) is 0 Å². The third-order valence-electron chi connectivity index (χ3n) is 3.63. The fourth-order valence-corrected chi connectivity index (χ4v) is 3.31. The van der Waals surface area contributed by atoms with Crippen LogP contribution in [0.3, 0.4) is 0 Å². The van der Waals surface area contributed by atoms with Crippen LogP contribution in [-0.2, 0) is 10.0 Å². The molecule has 0 amide bonds. The molecule has 3 aromatic rings. The molecule has 0 saturated heterocycles. The van der Waals surface area contributed by atoms with Gasteiger partial charge in [0.25, 0.3) is 10.0 Å². The molecule has 27 heavy (non-hydrogen) atoms. The Morgan fingerprint density at radius 1 is 0.852 bits per heavy atom. The van der Waals surface area contributed by atoms with Crippen LogP contribution in [0, 0.1) is 0 Å². The Bertz CT molecular complexity index is 1010. The summed E-state index contributed by atoms with van der Waals surface area (Å²) in [4.78, 5) is 0.150. The molecule has 1 heterocycles. The van der Waals surface area contributed by atoms with Gasteiger partial charge in [-0.15, -0.1) is 10.2 Å². The molecule has 0 aliphatic rings. The molecule has 2 N–H and O–H groups in total. The topological polar surface area (TPSA) is 102 Å². The van der Waals surface area contributed by atoms with E-state index in [0.717, 1.165) is 0 Å². The summed E-state index contributed by atoms with van der Waals surface area (Å²) in [6.07, 6.45) is 0. The summed E-state index contributed by atoms with van der Waals surface area (Å²) in [7, 11) is -0.590. The van der Waals surface area contributed by atoms with Crippen LogP contribution < -0.4 is 19.5 Å². The van der Waals surface area contributed by atoms with Crippen LogP contribution in [0.25, 0.3) is 0 Å². The Balaban J connectivity index is 1.75. The van der Waals surface area contributed by atoms with Crippen molar-refractivity contribution in [3.05, 3.63) is 60.7 Å². The molecule has 2 aromatic carbocycles. The van der Waals surface area contributed by atoms with Gasteiger partial charge in [-0.3, -0.25) is 4.72 Å². The molecule has 0 spiro atoms. The molecule has 9 heteroatoms. The maximum absolute atomic E-state index is 12.3. The second kappa shape index (κ2) is 7.92. The van der Waals surface area contributed by atoms with E-state index in [1.54, 1.807) is 56.7 Å². The van der Waals surface area contributed by atoms with Crippen molar-refractivity contribution < 1.29 is 17.9 Å². The first-order valence-corrected chi connectivity index (χ1v) is 9.41. The molecule has 0 aliphatic carbocycles. The average molecular weight is 386 g/mol. The third kappa shape index (κ3) is 4.45. The minimum Gasteiger partial charge on any atom is -0.497 e. The molecule has 8 nitrogen and oxygen atoms in total. The Kier molecular flexibility index (Phi) is 5.41. The van der Waals surface area contributed by atoms with Gasteiger partial charge >= 0.3 is 0 Å². The van der Waals surface area contributed by atoms with Crippen molar-refractivity contribution in [2.45, 2.75) is 4.90 Å². The number of benzene rings is 2. The zero-order valence-corrected chi connectivity index (χ0v) is 15.5. The highest BCUT2D eigenvalue weighted by molar-refractivity contribution is 7.92. The molecule has 140 valence electrons. The number of aromatic nitrogens is 2. The van der Waals surface area contributed by atoms with Crippen molar-refractivity contribution in [1.29, 1.82) is 0 Å². The van der Waals surface area contributed by atoms with E-state index in [4.69, 9.17) is 9.47 Å². The predicted octanol–water partition coefficient (Wildman–Crippen LogP) is 3.04. The summed E-state index contributed by atoms with van der Waals surface area (Å²) < 4.78 is 37.5. The van der Waals surface area contributed by atoms with Gasteiger partial charge in [-0.05, 0) is 36.4 Å². The number of hydrogen-bond acceptors (Lipinski definition) is 7. The predicted molar refractivity (Wildman–Crippen MR) is 102 cm³/mol. The van der Waals surface area contributed by atoms with Gasteiger partial charge in [0.1, 0.15) is 11.5 Å². The van der Waals surface area contributed by atoms with E-state index in [2.05, 4.69) is 20.2 Å². The van der Waals surface area contributed by atoms with Crippen molar-refractivity contribution in [3.8, 4) is 11.5 Å². The van der Waals surface area contributed by atoms with E-state index in [-0.39, 0.29) is 10.7 Å². The quantitative estimate of drug-likeness (QED) is 0.643. The van der Waals surface area contributed by atoms with Gasteiger partial charge < -0.3 is 14.8 Å². The Labute approximate surface area is 157 Å². The molecular formula is C18H18N4O4S. The normalized spacial score (nSPS) is 10.9. The van der Waals surface area contributed by atoms with Crippen molar-refractivity contribution in [3.63, 3.8) is 0 Å². The minimum absolute atomic E-state index is 0.117. The molecule has 0 fully saturated rings. The Morgan fingerprint density at radius 3 is 2.19 bits per heavy atom. The number of nitrogens with zero attached hydrogens (tertiary/aromatic N) is 2. The molecule has 0 atom stereocenters. The van der Waals surface area contributed by atoms with Crippen LogP contribution >= 0.6 is 0 Å². The van der Waals surface area contributed by atoms with Crippen molar-refractivity contribution >= 4 is 27.3 Å². The van der Waals surface area contributed by atoms with E-state index in [9.17, 15) is 8.42 Å². The lowest BCUT2D eigenvalue weighted by molar-refractivity contribution is 0.395. The van der Waals surface area contributed by atoms with Crippen LogP contribution in [0.1, 0.15) is 0 Å². The second-order valence-corrected chi connectivity index (χ2v) is 7.10. The number of ether oxygens (including phenoxy) is 2. The number of nitrogens with one attached hydrogen (secondary N) is 2. The van der Waals surface area contributed by atoms with Crippen LogP contribution in [-0.4, -0.2) is 32.8 Å². The highest BCUT2D eigenvalue weighted by Crippen LogP contribution is 2.31. The Morgan fingerprint density at radius 2 is 1.56 bits per heavy atom. The first kappa shape index (κ1) is 18.5. The summed E-state index contributed by atoms with van der Waals surface area (Å²) in [5.74, 6) is 1.78. The largest absolute Gasteiger partial charge is 0.497 e. The van der Waals surface area contributed by atoms with Gasteiger partial charge in [0.2, 0.25) is 0 Å². The number of methoxy groups -OCH3 is 2. The standard InChI is InChI=1S/C18H18N4O4S/c1-25-13-8-9-15(16(12-13)26-2)19-17-10-11-18(21-20-17)22-27(23,24)14-6-4-3-5-7-14/h3-12H,1-2H3,(H,19,20)(H,21,22). The smallest absolute Gasteiger partial charge is 0.263 e. The van der Waals surface area contributed by atoms with Crippen molar-refractivity contribution in [1.82, 2.24) is 10.2 Å². The van der Waals surface area contributed by atoms with Gasteiger partial charge in [-0.1, -0.05) is 18.2 Å². The summed E-state index contributed by atoms with van der Waals surface area (Å²) in [6, 6.07) is 16.5. The van der Waals surface area contributed by atoms with Crippen LogP contribution in [0.4, 0.5) is 17.3 Å². The van der Waals surface area contributed by atoms with Gasteiger partial charge in [-0.2, -0.15) is 0 Å². The summed E-state index contributed by atoms with van der Waals surface area (Å²) in [5, 5.41) is 11.0. The monoisotopic (exact) mass is 386 g/mol. The lowest BCUT2D eigenvalue weighted by Gasteiger charge is -2.12. The first-order chi connectivity index (χ1) is 13.0. The SMILES string of the molecule is COc1ccc(Nc2ccc(NS(=O)(=O)c3ccccc3)nn2)c(OC)c1. The Hall–Kier alpha value is -3.33. The van der Waals surface area contributed by atoms with Gasteiger partial charge in [0.15, 0.2) is 11.6 Å². The fraction of sp³-hybridized carbons (Fsp3) is 0.111. The fourth-order valence-electron chi connectivity index (χ4n) is 2.29. The first-order valence-electron chi connectivity index (χ1n) is 7.92. The number of sulfonamides is 1. The summed E-state index contributed by atoms with van der Waals surface area (Å²) >= 11 is 0. The number of anilines is 3. The van der Waals surface area contributed by atoms with Crippen molar-refractivity contribution in [2.24, 2.45) is 0 Å². The zero-order chi connectivity index (χ0) is 19.3. The number of rotatable bonds is 7. The molecule has 0 bridgehead atoms. The maximum atomic E-state index is 12.3. The van der Waals surface area contributed by atoms with E-state index >= 15 is 0 Å². The zero-order valence-electron chi connectivity index (χ0n) is 14.7. The molecule has 0 saturated carbocycles. The molecule has 0 radical (unpaired) electrons. The van der Waals surface area contributed by atoms with Crippen LogP contribution in [0.15, 0.2) is 65.6 Å². The molecule has 0 unspecified atom stereocenters. The van der Waals surface area contributed by atoms with E-state index in [0.29, 0.717) is 23.0 Å². The minimum atomic E-state index is -3.71. The van der Waals surface area contributed by atoms with E-state index in [1.165, 1.54) is 18.2 Å². The molecule has 1 aromatic heterocycles. The van der Waals surface area contributed by atoms with Crippen molar-refractivity contribution in [2.75, 3.05) is 24.3 Å². The molecule has 3 rings (SSSR count).